The van der Waals surface area contributed by atoms with Crippen LogP contribution >= 0.6 is 47.2 Å². The number of amides is 1. The van der Waals surface area contributed by atoms with Crippen LogP contribution in [0.4, 0.5) is 5.82 Å². The molecule has 2 heterocycles. The van der Waals surface area contributed by atoms with Crippen molar-refractivity contribution >= 4 is 58.9 Å². The Labute approximate surface area is 233 Å². The van der Waals surface area contributed by atoms with Crippen LogP contribution in [0.5, 0.6) is 5.75 Å². The number of carbonyl (C=O) groups excluding carboxylic acids is 1. The summed E-state index contributed by atoms with van der Waals surface area (Å²) in [6.45, 7) is 9.59. The Morgan fingerprint density at radius 3 is 2.47 bits per heavy atom. The molecule has 0 spiro atoms. The quantitative estimate of drug-likeness (QED) is 0.309. The number of rotatable bonds is 8. The van der Waals surface area contributed by atoms with Gasteiger partial charge in [-0.05, 0) is 48.7 Å². The van der Waals surface area contributed by atoms with Crippen molar-refractivity contribution in [2.75, 3.05) is 31.1 Å². The van der Waals surface area contributed by atoms with E-state index >= 15 is 0 Å². The summed E-state index contributed by atoms with van der Waals surface area (Å²) in [5.41, 5.74) is 2.94. The third kappa shape index (κ3) is 7.08. The van der Waals surface area contributed by atoms with Gasteiger partial charge in [0, 0.05) is 42.0 Å². The van der Waals surface area contributed by atoms with E-state index in [1.165, 1.54) is 0 Å². The van der Waals surface area contributed by atoms with E-state index in [-0.39, 0.29) is 18.3 Å². The number of hydrogen-bond donors (Lipinski definition) is 0. The second-order valence-electron chi connectivity index (χ2n) is 9.26. The van der Waals surface area contributed by atoms with E-state index in [4.69, 9.17) is 44.6 Å². The van der Waals surface area contributed by atoms with Crippen LogP contribution in [0.25, 0.3) is 0 Å². The van der Waals surface area contributed by atoms with Crippen LogP contribution in [-0.4, -0.2) is 46.8 Å². The van der Waals surface area contributed by atoms with Crippen molar-refractivity contribution in [3.8, 4) is 5.75 Å². The molecule has 194 valence electrons. The van der Waals surface area contributed by atoms with Gasteiger partial charge in [0.25, 0.3) is 0 Å². The SMILES string of the molecule is Cc1cc(N2CCN(Cc3ccc(Cl)c(Cl)c3)CC2=O)nn1Cc1cc(Cl)ccc1OCC(C)C.Cl. The Morgan fingerprint density at radius 1 is 1.00 bits per heavy atom. The highest BCUT2D eigenvalue weighted by molar-refractivity contribution is 6.42. The first-order valence-electron chi connectivity index (χ1n) is 11.6. The van der Waals surface area contributed by atoms with Crippen LogP contribution in [0.3, 0.4) is 0 Å². The van der Waals surface area contributed by atoms with Gasteiger partial charge in [-0.2, -0.15) is 5.10 Å². The highest BCUT2D eigenvalue weighted by atomic mass is 35.5. The van der Waals surface area contributed by atoms with E-state index < -0.39 is 0 Å². The zero-order valence-corrected chi connectivity index (χ0v) is 23.6. The number of aromatic nitrogens is 2. The van der Waals surface area contributed by atoms with Gasteiger partial charge in [0.15, 0.2) is 5.82 Å². The Morgan fingerprint density at radius 2 is 1.78 bits per heavy atom. The minimum atomic E-state index is 0. The summed E-state index contributed by atoms with van der Waals surface area (Å²) in [6.07, 6.45) is 0. The van der Waals surface area contributed by atoms with Crippen molar-refractivity contribution in [3.63, 3.8) is 0 Å². The molecule has 1 fully saturated rings. The van der Waals surface area contributed by atoms with Gasteiger partial charge < -0.3 is 4.74 Å². The first kappa shape index (κ1) is 28.6. The number of benzene rings is 2. The van der Waals surface area contributed by atoms with Gasteiger partial charge in [-0.25, -0.2) is 0 Å². The van der Waals surface area contributed by atoms with Crippen molar-refractivity contribution in [1.82, 2.24) is 14.7 Å². The summed E-state index contributed by atoms with van der Waals surface area (Å²) >= 11 is 18.4. The molecule has 0 atom stereocenters. The molecule has 0 bridgehead atoms. The monoisotopic (exact) mass is 570 g/mol. The molecule has 1 aliphatic rings. The maximum atomic E-state index is 13.0. The number of ether oxygens (including phenoxy) is 1. The number of anilines is 1. The lowest BCUT2D eigenvalue weighted by Crippen LogP contribution is -2.50. The van der Waals surface area contributed by atoms with Crippen LogP contribution in [0.2, 0.25) is 15.1 Å². The van der Waals surface area contributed by atoms with Crippen molar-refractivity contribution < 1.29 is 9.53 Å². The lowest BCUT2D eigenvalue weighted by atomic mass is 10.2. The van der Waals surface area contributed by atoms with E-state index in [0.29, 0.717) is 59.6 Å². The molecule has 1 amide bonds. The maximum Gasteiger partial charge on any atom is 0.242 e. The van der Waals surface area contributed by atoms with Crippen molar-refractivity contribution in [1.29, 1.82) is 0 Å². The number of nitrogens with zero attached hydrogens (tertiary/aromatic N) is 4. The Bertz CT molecular complexity index is 1210. The van der Waals surface area contributed by atoms with Crippen molar-refractivity contribution in [2.45, 2.75) is 33.9 Å². The Kier molecular flexibility index (Phi) is 9.95. The predicted molar refractivity (Wildman–Crippen MR) is 149 cm³/mol. The molecule has 6 nitrogen and oxygen atoms in total. The average Bonchev–Trinajstić information content (AvgIpc) is 3.15. The number of carbonyl (C=O) groups is 1. The molecular formula is C26H30Cl4N4O2. The summed E-state index contributed by atoms with van der Waals surface area (Å²) in [5.74, 6) is 1.89. The van der Waals surface area contributed by atoms with Crippen molar-refractivity contribution in [3.05, 3.63) is 74.4 Å². The molecular weight excluding hydrogens is 542 g/mol. The molecule has 0 N–H and O–H groups in total. The molecule has 36 heavy (non-hydrogen) atoms. The summed E-state index contributed by atoms with van der Waals surface area (Å²) in [4.78, 5) is 16.9. The van der Waals surface area contributed by atoms with Gasteiger partial charge in [0.05, 0.1) is 29.7 Å². The highest BCUT2D eigenvalue weighted by Gasteiger charge is 2.27. The van der Waals surface area contributed by atoms with Gasteiger partial charge in [-0.1, -0.05) is 54.7 Å². The lowest BCUT2D eigenvalue weighted by molar-refractivity contribution is -0.121. The number of hydrogen-bond acceptors (Lipinski definition) is 4. The van der Waals surface area contributed by atoms with Crippen LogP contribution < -0.4 is 9.64 Å². The summed E-state index contributed by atoms with van der Waals surface area (Å²) in [7, 11) is 0. The van der Waals surface area contributed by atoms with E-state index in [1.807, 2.05) is 48.0 Å². The first-order chi connectivity index (χ1) is 16.7. The lowest BCUT2D eigenvalue weighted by Gasteiger charge is -2.33. The average molecular weight is 572 g/mol. The first-order valence-corrected chi connectivity index (χ1v) is 12.8. The molecule has 3 aromatic rings. The van der Waals surface area contributed by atoms with Gasteiger partial charge in [0.1, 0.15) is 5.75 Å². The number of halogens is 4. The fourth-order valence-electron chi connectivity index (χ4n) is 4.01. The minimum absolute atomic E-state index is 0. The Hall–Kier alpha value is -1.96. The maximum absolute atomic E-state index is 13.0. The second kappa shape index (κ2) is 12.5. The summed E-state index contributed by atoms with van der Waals surface area (Å²) in [6, 6.07) is 13.2. The van der Waals surface area contributed by atoms with E-state index in [1.54, 1.807) is 11.0 Å². The van der Waals surface area contributed by atoms with Crippen LogP contribution in [0, 0.1) is 12.8 Å². The van der Waals surface area contributed by atoms with Gasteiger partial charge in [0.2, 0.25) is 5.91 Å². The molecule has 0 radical (unpaired) electrons. The number of aryl methyl sites for hydroxylation is 1. The second-order valence-corrected chi connectivity index (χ2v) is 10.5. The molecule has 0 saturated carbocycles. The van der Waals surface area contributed by atoms with Gasteiger partial charge in [-0.15, -0.1) is 12.4 Å². The zero-order valence-electron chi connectivity index (χ0n) is 20.5. The molecule has 1 aromatic heterocycles. The zero-order chi connectivity index (χ0) is 25.1. The van der Waals surface area contributed by atoms with Crippen molar-refractivity contribution in [2.24, 2.45) is 5.92 Å². The molecule has 2 aromatic carbocycles. The fraction of sp³-hybridized carbons (Fsp3) is 0.385. The number of piperazine rings is 1. The van der Waals surface area contributed by atoms with Gasteiger partial charge in [-0.3, -0.25) is 19.3 Å². The fourth-order valence-corrected chi connectivity index (χ4v) is 4.53. The molecule has 1 aliphatic heterocycles. The third-order valence-electron chi connectivity index (χ3n) is 5.85. The summed E-state index contributed by atoms with van der Waals surface area (Å²) in [5, 5.41) is 6.44. The van der Waals surface area contributed by atoms with Gasteiger partial charge >= 0.3 is 0 Å². The highest BCUT2D eigenvalue weighted by Crippen LogP contribution is 2.27. The standard InChI is InChI=1S/C26H29Cl3N4O2.ClH/c1-17(2)16-35-24-7-5-21(27)12-20(24)14-33-18(3)10-25(30-33)32-9-8-31(15-26(32)34)13-19-4-6-22(28)23(29)11-19;/h4-7,10-12,17H,8-9,13-16H2,1-3H3;1H. The smallest absolute Gasteiger partial charge is 0.242 e. The topological polar surface area (TPSA) is 50.6 Å². The molecule has 10 heteroatoms. The normalized spacial score (nSPS) is 14.3. The largest absolute Gasteiger partial charge is 0.493 e. The third-order valence-corrected chi connectivity index (χ3v) is 6.82. The predicted octanol–water partition coefficient (Wildman–Crippen LogP) is 6.51. The van der Waals surface area contributed by atoms with E-state index in [2.05, 4.69) is 18.7 Å². The van der Waals surface area contributed by atoms with E-state index in [9.17, 15) is 4.79 Å². The molecule has 0 aliphatic carbocycles. The molecule has 1 saturated heterocycles. The minimum Gasteiger partial charge on any atom is -0.493 e. The van der Waals surface area contributed by atoms with Crippen LogP contribution in [0.1, 0.15) is 30.7 Å². The Balaban J connectivity index is 0.00000361. The molecule has 4 rings (SSSR count). The molecule has 0 unspecified atom stereocenters. The van der Waals surface area contributed by atoms with Crippen LogP contribution in [-0.2, 0) is 17.9 Å². The summed E-state index contributed by atoms with van der Waals surface area (Å²) < 4.78 is 7.88. The van der Waals surface area contributed by atoms with E-state index in [0.717, 1.165) is 29.1 Å². The van der Waals surface area contributed by atoms with Crippen LogP contribution in [0.15, 0.2) is 42.5 Å².